The van der Waals surface area contributed by atoms with E-state index >= 15 is 0 Å². The number of carbonyl (C=O) groups excluding carboxylic acids is 1. The third-order valence-electron chi connectivity index (χ3n) is 1.48. The first-order valence-corrected chi connectivity index (χ1v) is 3.26. The Morgan fingerprint density at radius 1 is 1.54 bits per heavy atom. The molecule has 0 saturated heterocycles. The predicted octanol–water partition coefficient (Wildman–Crippen LogP) is -0.816. The van der Waals surface area contributed by atoms with Crippen LogP contribution in [-0.2, 0) is 4.79 Å². The van der Waals surface area contributed by atoms with Gasteiger partial charge in [-0.1, -0.05) is 5.10 Å². The van der Waals surface area contributed by atoms with Gasteiger partial charge in [-0.3, -0.25) is 4.79 Å². The van der Waals surface area contributed by atoms with Crippen LogP contribution in [-0.4, -0.2) is 26.0 Å². The summed E-state index contributed by atoms with van der Waals surface area (Å²) in [6, 6.07) is 0. The SMILES string of the molecule is O=C1NC=C1c1n[nH]c([N+](=O)[O-])n1. The molecule has 0 aliphatic carbocycles. The van der Waals surface area contributed by atoms with Crippen molar-refractivity contribution >= 4 is 17.4 Å². The summed E-state index contributed by atoms with van der Waals surface area (Å²) < 4.78 is 0. The van der Waals surface area contributed by atoms with E-state index in [0.29, 0.717) is 0 Å². The monoisotopic (exact) mass is 181 g/mol. The number of aromatic nitrogens is 3. The number of nitrogens with one attached hydrogen (secondary N) is 2. The molecule has 1 amide bonds. The van der Waals surface area contributed by atoms with Gasteiger partial charge in [-0.05, 0) is 9.91 Å². The van der Waals surface area contributed by atoms with Gasteiger partial charge >= 0.3 is 5.95 Å². The van der Waals surface area contributed by atoms with E-state index in [4.69, 9.17) is 0 Å². The standard InChI is InChI=1S/C5H3N5O3/c11-4-2(1-6-4)3-7-5(9-8-3)10(12)13/h1H,(H,6,11)(H,7,8,9). The van der Waals surface area contributed by atoms with E-state index in [1.165, 1.54) is 6.20 Å². The zero-order valence-electron chi connectivity index (χ0n) is 6.14. The molecule has 2 heterocycles. The highest BCUT2D eigenvalue weighted by molar-refractivity contribution is 6.24. The minimum Gasteiger partial charge on any atom is -0.390 e. The van der Waals surface area contributed by atoms with Crippen LogP contribution in [0.25, 0.3) is 5.57 Å². The molecule has 0 spiro atoms. The number of nitro groups is 1. The number of H-pyrrole nitrogens is 1. The zero-order valence-corrected chi connectivity index (χ0v) is 6.14. The highest BCUT2D eigenvalue weighted by Crippen LogP contribution is 2.16. The van der Waals surface area contributed by atoms with Gasteiger partial charge in [0.05, 0.1) is 0 Å². The summed E-state index contributed by atoms with van der Waals surface area (Å²) in [7, 11) is 0. The number of hydrogen-bond acceptors (Lipinski definition) is 5. The van der Waals surface area contributed by atoms with Crippen LogP contribution in [0.4, 0.5) is 5.95 Å². The average molecular weight is 181 g/mol. The molecule has 66 valence electrons. The van der Waals surface area contributed by atoms with Crippen molar-refractivity contribution < 1.29 is 9.72 Å². The lowest BCUT2D eigenvalue weighted by atomic mass is 10.2. The Morgan fingerprint density at radius 3 is 2.69 bits per heavy atom. The maximum atomic E-state index is 10.8. The maximum absolute atomic E-state index is 10.8. The predicted molar refractivity (Wildman–Crippen MR) is 39.2 cm³/mol. The highest BCUT2D eigenvalue weighted by Gasteiger charge is 2.27. The Balaban J connectivity index is 2.33. The molecule has 1 aromatic heterocycles. The minimum absolute atomic E-state index is 0.0375. The topological polar surface area (TPSA) is 114 Å². The van der Waals surface area contributed by atoms with Gasteiger partial charge in [0.15, 0.2) is 0 Å². The number of rotatable bonds is 2. The van der Waals surface area contributed by atoms with Crippen LogP contribution in [0.5, 0.6) is 0 Å². The van der Waals surface area contributed by atoms with Gasteiger partial charge in [0, 0.05) is 6.20 Å². The molecule has 0 bridgehead atoms. The Hall–Kier alpha value is -2.25. The molecule has 2 N–H and O–H groups in total. The Kier molecular flexibility index (Phi) is 1.35. The Labute approximate surface area is 70.8 Å². The number of nitrogens with zero attached hydrogens (tertiary/aromatic N) is 3. The second-order valence-electron chi connectivity index (χ2n) is 2.27. The van der Waals surface area contributed by atoms with Gasteiger partial charge in [-0.15, -0.1) is 5.10 Å². The molecular formula is C5H3N5O3. The molecule has 0 fully saturated rings. The fourth-order valence-corrected chi connectivity index (χ4v) is 0.825. The summed E-state index contributed by atoms with van der Waals surface area (Å²) >= 11 is 0. The normalized spacial score (nSPS) is 14.5. The van der Waals surface area contributed by atoms with Crippen molar-refractivity contribution in [3.63, 3.8) is 0 Å². The summed E-state index contributed by atoms with van der Waals surface area (Å²) in [5, 5.41) is 18.1. The van der Waals surface area contributed by atoms with Crippen LogP contribution >= 0.6 is 0 Å². The van der Waals surface area contributed by atoms with Crippen LogP contribution in [0.2, 0.25) is 0 Å². The molecule has 1 aliphatic heterocycles. The van der Waals surface area contributed by atoms with Gasteiger partial charge in [0.2, 0.25) is 0 Å². The number of carbonyl (C=O) groups is 1. The van der Waals surface area contributed by atoms with Crippen molar-refractivity contribution in [2.75, 3.05) is 0 Å². The second kappa shape index (κ2) is 2.37. The quantitative estimate of drug-likeness (QED) is 0.457. The minimum atomic E-state index is -0.715. The Morgan fingerprint density at radius 2 is 2.31 bits per heavy atom. The van der Waals surface area contributed by atoms with Crippen LogP contribution < -0.4 is 5.32 Å². The van der Waals surface area contributed by atoms with Gasteiger partial charge < -0.3 is 15.4 Å². The molecule has 0 unspecified atom stereocenters. The lowest BCUT2D eigenvalue weighted by Gasteiger charge is -2.08. The molecule has 0 aromatic carbocycles. The number of hydrogen-bond donors (Lipinski definition) is 2. The first-order chi connectivity index (χ1) is 6.18. The summed E-state index contributed by atoms with van der Waals surface area (Å²) in [5.41, 5.74) is 0.240. The average Bonchev–Trinajstić information content (AvgIpc) is 2.50. The number of amides is 1. The third kappa shape index (κ3) is 1.04. The molecule has 13 heavy (non-hydrogen) atoms. The number of aromatic amines is 1. The molecule has 1 aliphatic rings. The smallest absolute Gasteiger partial charge is 0.390 e. The highest BCUT2D eigenvalue weighted by atomic mass is 16.6. The van der Waals surface area contributed by atoms with E-state index in [1.807, 2.05) is 0 Å². The van der Waals surface area contributed by atoms with E-state index in [2.05, 4.69) is 20.5 Å². The fourth-order valence-electron chi connectivity index (χ4n) is 0.825. The van der Waals surface area contributed by atoms with E-state index in [-0.39, 0.29) is 17.3 Å². The van der Waals surface area contributed by atoms with E-state index < -0.39 is 10.9 Å². The van der Waals surface area contributed by atoms with Crippen LogP contribution in [0, 0.1) is 10.1 Å². The van der Waals surface area contributed by atoms with Crippen LogP contribution in [0.3, 0.4) is 0 Å². The lowest BCUT2D eigenvalue weighted by Crippen LogP contribution is -2.29. The summed E-state index contributed by atoms with van der Waals surface area (Å²) in [5.74, 6) is -0.778. The molecule has 8 heteroatoms. The van der Waals surface area contributed by atoms with Crippen molar-refractivity contribution in [2.24, 2.45) is 0 Å². The van der Waals surface area contributed by atoms with Gasteiger partial charge in [-0.2, -0.15) is 0 Å². The molecule has 0 radical (unpaired) electrons. The van der Waals surface area contributed by atoms with Crippen LogP contribution in [0.1, 0.15) is 5.82 Å². The molecule has 0 atom stereocenters. The summed E-state index contributed by atoms with van der Waals surface area (Å²) in [6.07, 6.45) is 1.38. The van der Waals surface area contributed by atoms with Crippen molar-refractivity contribution in [3.8, 4) is 0 Å². The molecule has 1 aromatic rings. The van der Waals surface area contributed by atoms with E-state index in [0.717, 1.165) is 0 Å². The second-order valence-corrected chi connectivity index (χ2v) is 2.27. The lowest BCUT2D eigenvalue weighted by molar-refractivity contribution is -0.394. The third-order valence-corrected chi connectivity index (χ3v) is 1.48. The first kappa shape index (κ1) is 7.40. The first-order valence-electron chi connectivity index (χ1n) is 3.26. The van der Waals surface area contributed by atoms with Crippen molar-refractivity contribution in [1.82, 2.24) is 20.5 Å². The summed E-state index contributed by atoms with van der Waals surface area (Å²) in [4.78, 5) is 23.7. The van der Waals surface area contributed by atoms with E-state index in [1.54, 1.807) is 0 Å². The molecule has 8 nitrogen and oxygen atoms in total. The molecule has 2 rings (SSSR count). The van der Waals surface area contributed by atoms with Crippen molar-refractivity contribution in [2.45, 2.75) is 0 Å². The summed E-state index contributed by atoms with van der Waals surface area (Å²) in [6.45, 7) is 0. The van der Waals surface area contributed by atoms with E-state index in [9.17, 15) is 14.9 Å². The van der Waals surface area contributed by atoms with Crippen molar-refractivity contribution in [1.29, 1.82) is 0 Å². The van der Waals surface area contributed by atoms with Crippen molar-refractivity contribution in [3.05, 3.63) is 22.1 Å². The largest absolute Gasteiger partial charge is 0.453 e. The zero-order chi connectivity index (χ0) is 9.42. The molecular weight excluding hydrogens is 178 g/mol. The van der Waals surface area contributed by atoms with Crippen LogP contribution in [0.15, 0.2) is 6.20 Å². The van der Waals surface area contributed by atoms with Gasteiger partial charge in [-0.25, -0.2) is 0 Å². The fraction of sp³-hybridized carbons (Fsp3) is 0. The maximum Gasteiger partial charge on any atom is 0.453 e. The molecule has 0 saturated carbocycles. The van der Waals surface area contributed by atoms with Gasteiger partial charge in [0.1, 0.15) is 5.57 Å². The van der Waals surface area contributed by atoms with Gasteiger partial charge in [0.25, 0.3) is 11.7 Å². The Bertz CT molecular complexity index is 420.